The molecule has 0 heterocycles. The van der Waals surface area contributed by atoms with Crippen LogP contribution in [0.25, 0.3) is 0 Å². The van der Waals surface area contributed by atoms with Gasteiger partial charge in [-0.1, -0.05) is 24.3 Å². The van der Waals surface area contributed by atoms with Crippen molar-refractivity contribution in [2.24, 2.45) is 0 Å². The summed E-state index contributed by atoms with van der Waals surface area (Å²) >= 11 is 0. The van der Waals surface area contributed by atoms with E-state index >= 15 is 0 Å². The quantitative estimate of drug-likeness (QED) is 0.757. The van der Waals surface area contributed by atoms with Gasteiger partial charge in [-0.15, -0.1) is 0 Å². The molecule has 2 unspecified atom stereocenters. The first kappa shape index (κ1) is 15.7. The summed E-state index contributed by atoms with van der Waals surface area (Å²) in [5, 5.41) is 12.3. The second-order valence-electron chi connectivity index (χ2n) is 4.74. The highest BCUT2D eigenvalue weighted by molar-refractivity contribution is 5.75. The maximum absolute atomic E-state index is 10.9. The molecule has 0 saturated heterocycles. The Morgan fingerprint density at radius 2 is 1.95 bits per heavy atom. The number of rotatable bonds is 8. The zero-order valence-corrected chi connectivity index (χ0v) is 11.8. The molecular weight excluding hydrogens is 242 g/mol. The number of carboxylic acid groups (broad SMARTS) is 1. The standard InChI is InChI=1S/C15H23NO3/c1-4-19-10-11(2)16-9-13-5-7-14(8-6-13)12(3)15(17)18/h5-8,11-12,16H,4,9-10H2,1-3H3,(H,17,18). The van der Waals surface area contributed by atoms with Crippen LogP contribution < -0.4 is 5.32 Å². The van der Waals surface area contributed by atoms with Gasteiger partial charge in [0, 0.05) is 19.2 Å². The highest BCUT2D eigenvalue weighted by Crippen LogP contribution is 2.16. The Morgan fingerprint density at radius 1 is 1.32 bits per heavy atom. The Kier molecular flexibility index (Phi) is 6.53. The molecule has 0 aliphatic rings. The van der Waals surface area contributed by atoms with Crippen molar-refractivity contribution in [2.45, 2.75) is 39.3 Å². The van der Waals surface area contributed by atoms with Gasteiger partial charge in [0.05, 0.1) is 12.5 Å². The van der Waals surface area contributed by atoms with E-state index in [0.717, 1.165) is 24.3 Å². The fraction of sp³-hybridized carbons (Fsp3) is 0.533. The van der Waals surface area contributed by atoms with Gasteiger partial charge in [0.15, 0.2) is 0 Å². The van der Waals surface area contributed by atoms with Crippen LogP contribution in [0.4, 0.5) is 0 Å². The van der Waals surface area contributed by atoms with E-state index < -0.39 is 11.9 Å². The van der Waals surface area contributed by atoms with Gasteiger partial charge in [0.2, 0.25) is 0 Å². The smallest absolute Gasteiger partial charge is 0.310 e. The second-order valence-corrected chi connectivity index (χ2v) is 4.74. The van der Waals surface area contributed by atoms with Crippen molar-refractivity contribution in [1.29, 1.82) is 0 Å². The lowest BCUT2D eigenvalue weighted by molar-refractivity contribution is -0.138. The monoisotopic (exact) mass is 265 g/mol. The lowest BCUT2D eigenvalue weighted by Crippen LogP contribution is -2.30. The molecule has 0 radical (unpaired) electrons. The van der Waals surface area contributed by atoms with Crippen LogP contribution in [0, 0.1) is 0 Å². The average Bonchev–Trinajstić information content (AvgIpc) is 2.42. The van der Waals surface area contributed by atoms with Gasteiger partial charge in [-0.3, -0.25) is 4.79 Å². The molecular formula is C15H23NO3. The van der Waals surface area contributed by atoms with Crippen molar-refractivity contribution >= 4 is 5.97 Å². The summed E-state index contributed by atoms with van der Waals surface area (Å²) in [5.74, 6) is -1.25. The van der Waals surface area contributed by atoms with Gasteiger partial charge >= 0.3 is 5.97 Å². The van der Waals surface area contributed by atoms with Crippen LogP contribution in [-0.4, -0.2) is 30.3 Å². The molecule has 0 bridgehead atoms. The Morgan fingerprint density at radius 3 is 2.47 bits per heavy atom. The van der Waals surface area contributed by atoms with Crippen molar-refractivity contribution in [3.8, 4) is 0 Å². The fourth-order valence-corrected chi connectivity index (χ4v) is 1.71. The summed E-state index contributed by atoms with van der Waals surface area (Å²) in [6.45, 7) is 7.94. The Balaban J connectivity index is 2.46. The molecule has 106 valence electrons. The number of carbonyl (C=O) groups is 1. The summed E-state index contributed by atoms with van der Waals surface area (Å²) in [6, 6.07) is 7.99. The van der Waals surface area contributed by atoms with Crippen LogP contribution in [-0.2, 0) is 16.1 Å². The molecule has 4 heteroatoms. The average molecular weight is 265 g/mol. The molecule has 19 heavy (non-hydrogen) atoms. The Hall–Kier alpha value is -1.39. The number of nitrogens with one attached hydrogen (secondary N) is 1. The summed E-state index contributed by atoms with van der Waals surface area (Å²) in [4.78, 5) is 10.9. The molecule has 0 saturated carbocycles. The van der Waals surface area contributed by atoms with Crippen LogP contribution in [0.15, 0.2) is 24.3 Å². The largest absolute Gasteiger partial charge is 0.481 e. The van der Waals surface area contributed by atoms with Crippen LogP contribution in [0.3, 0.4) is 0 Å². The van der Waals surface area contributed by atoms with Crippen molar-refractivity contribution in [2.75, 3.05) is 13.2 Å². The van der Waals surface area contributed by atoms with Gasteiger partial charge in [-0.05, 0) is 31.9 Å². The summed E-state index contributed by atoms with van der Waals surface area (Å²) in [5.41, 5.74) is 1.98. The zero-order chi connectivity index (χ0) is 14.3. The predicted octanol–water partition coefficient (Wildman–Crippen LogP) is 2.39. The normalized spacial score (nSPS) is 14.1. The zero-order valence-electron chi connectivity index (χ0n) is 11.8. The molecule has 1 aromatic rings. The first-order chi connectivity index (χ1) is 9.04. The first-order valence-electron chi connectivity index (χ1n) is 6.67. The van der Waals surface area contributed by atoms with E-state index in [1.165, 1.54) is 0 Å². The minimum atomic E-state index is -0.795. The molecule has 4 nitrogen and oxygen atoms in total. The lowest BCUT2D eigenvalue weighted by atomic mass is 10.00. The van der Waals surface area contributed by atoms with Crippen molar-refractivity contribution in [3.63, 3.8) is 0 Å². The van der Waals surface area contributed by atoms with Crippen LogP contribution in [0.5, 0.6) is 0 Å². The number of benzene rings is 1. The summed E-state index contributed by atoms with van der Waals surface area (Å²) in [6.07, 6.45) is 0. The van der Waals surface area contributed by atoms with Gasteiger partial charge in [0.1, 0.15) is 0 Å². The Bertz CT molecular complexity index is 389. The van der Waals surface area contributed by atoms with Gasteiger partial charge < -0.3 is 15.2 Å². The highest BCUT2D eigenvalue weighted by Gasteiger charge is 2.12. The van der Waals surface area contributed by atoms with E-state index in [2.05, 4.69) is 12.2 Å². The molecule has 0 spiro atoms. The van der Waals surface area contributed by atoms with E-state index in [4.69, 9.17) is 9.84 Å². The molecule has 2 N–H and O–H groups in total. The summed E-state index contributed by atoms with van der Waals surface area (Å²) in [7, 11) is 0. The molecule has 1 rings (SSSR count). The number of aliphatic carboxylic acids is 1. The maximum Gasteiger partial charge on any atom is 0.310 e. The predicted molar refractivity (Wildman–Crippen MR) is 75.3 cm³/mol. The molecule has 0 aromatic heterocycles. The SMILES string of the molecule is CCOCC(C)NCc1ccc(C(C)C(=O)O)cc1. The third-order valence-corrected chi connectivity index (χ3v) is 3.08. The summed E-state index contributed by atoms with van der Waals surface area (Å²) < 4.78 is 5.33. The Labute approximate surface area is 114 Å². The van der Waals surface area contributed by atoms with Crippen molar-refractivity contribution in [1.82, 2.24) is 5.32 Å². The topological polar surface area (TPSA) is 58.6 Å². The minimum Gasteiger partial charge on any atom is -0.481 e. The van der Waals surface area contributed by atoms with Gasteiger partial charge in [-0.2, -0.15) is 0 Å². The maximum atomic E-state index is 10.9. The van der Waals surface area contributed by atoms with Gasteiger partial charge in [-0.25, -0.2) is 0 Å². The minimum absolute atomic E-state index is 0.303. The molecule has 2 atom stereocenters. The first-order valence-corrected chi connectivity index (χ1v) is 6.67. The van der Waals surface area contributed by atoms with Crippen molar-refractivity contribution in [3.05, 3.63) is 35.4 Å². The third kappa shape index (κ3) is 5.41. The van der Waals surface area contributed by atoms with E-state index in [1.807, 2.05) is 31.2 Å². The van der Waals surface area contributed by atoms with E-state index in [9.17, 15) is 4.79 Å². The van der Waals surface area contributed by atoms with E-state index in [1.54, 1.807) is 6.92 Å². The molecule has 0 aliphatic heterocycles. The molecule has 0 amide bonds. The number of hydrogen-bond donors (Lipinski definition) is 2. The van der Waals surface area contributed by atoms with E-state index in [0.29, 0.717) is 12.6 Å². The van der Waals surface area contributed by atoms with Gasteiger partial charge in [0.25, 0.3) is 0 Å². The second kappa shape index (κ2) is 7.92. The van der Waals surface area contributed by atoms with E-state index in [-0.39, 0.29) is 0 Å². The lowest BCUT2D eigenvalue weighted by Gasteiger charge is -2.14. The van der Waals surface area contributed by atoms with Crippen LogP contribution >= 0.6 is 0 Å². The highest BCUT2D eigenvalue weighted by atomic mass is 16.5. The molecule has 0 aliphatic carbocycles. The fourth-order valence-electron chi connectivity index (χ4n) is 1.71. The molecule has 1 aromatic carbocycles. The number of hydrogen-bond acceptors (Lipinski definition) is 3. The van der Waals surface area contributed by atoms with Crippen molar-refractivity contribution < 1.29 is 14.6 Å². The third-order valence-electron chi connectivity index (χ3n) is 3.08. The number of ether oxygens (including phenoxy) is 1. The van der Waals surface area contributed by atoms with Crippen LogP contribution in [0.2, 0.25) is 0 Å². The van der Waals surface area contributed by atoms with Crippen LogP contribution in [0.1, 0.15) is 37.8 Å². The number of carboxylic acids is 1. The molecule has 0 fully saturated rings.